The maximum atomic E-state index is 13.1. The molecule has 0 spiro atoms. The number of anilines is 1. The van der Waals surface area contributed by atoms with Crippen molar-refractivity contribution in [2.45, 2.75) is 82.7 Å². The molecule has 0 radical (unpaired) electrons. The lowest BCUT2D eigenvalue weighted by Crippen LogP contribution is -2.55. The molecule has 2 amide bonds. The van der Waals surface area contributed by atoms with E-state index in [0.717, 1.165) is 31.5 Å². The van der Waals surface area contributed by atoms with Crippen LogP contribution in [0.15, 0.2) is 36.5 Å². The summed E-state index contributed by atoms with van der Waals surface area (Å²) < 4.78 is 5.95. The van der Waals surface area contributed by atoms with E-state index in [1.54, 1.807) is 58.2 Å². The number of amides is 2. The van der Waals surface area contributed by atoms with Crippen LogP contribution in [0, 0.1) is 0 Å². The van der Waals surface area contributed by atoms with Crippen LogP contribution < -0.4 is 20.3 Å². The number of hydrogen-bond acceptors (Lipinski definition) is 6. The number of carbonyl (C=O) groups is 2. The van der Waals surface area contributed by atoms with Gasteiger partial charge in [-0.1, -0.05) is 23.2 Å². The average Bonchev–Trinajstić information content (AvgIpc) is 3.09. The van der Waals surface area contributed by atoms with Gasteiger partial charge in [0, 0.05) is 35.9 Å². The molecule has 1 aromatic heterocycles. The number of nitrogens with one attached hydrogen (secondary N) is 2. The Morgan fingerprint density at radius 1 is 1.11 bits per heavy atom. The number of nitrogens with zero attached hydrogens (tertiary/aromatic N) is 2. The fourth-order valence-electron chi connectivity index (χ4n) is 4.98. The standard InChI is InChI=1S/C27H34Cl2N4O4/c1-26(2,36)15-31-24(34)16-5-10-23(30-14-16)33-19-7-8-20(33)13-18(12-19)32-25(35)27(3,4)37-22-9-6-17(28)11-21(22)29/h5-6,9-11,14,18-20,36H,7-8,12-13,15H2,1-4H3,(H,31,34)(H,32,35). The molecule has 10 heteroatoms. The molecule has 0 aliphatic carbocycles. The van der Waals surface area contributed by atoms with Crippen LogP contribution in [-0.2, 0) is 4.79 Å². The topological polar surface area (TPSA) is 104 Å². The van der Waals surface area contributed by atoms with Crippen molar-refractivity contribution in [2.24, 2.45) is 0 Å². The number of pyridine rings is 1. The van der Waals surface area contributed by atoms with Gasteiger partial charge >= 0.3 is 0 Å². The Hall–Kier alpha value is -2.55. The number of carbonyl (C=O) groups excluding carboxylic acids is 2. The van der Waals surface area contributed by atoms with Gasteiger partial charge in [-0.05, 0) is 83.7 Å². The highest BCUT2D eigenvalue weighted by Crippen LogP contribution is 2.39. The summed E-state index contributed by atoms with van der Waals surface area (Å²) >= 11 is 12.2. The van der Waals surface area contributed by atoms with Crippen molar-refractivity contribution in [1.82, 2.24) is 15.6 Å². The highest BCUT2D eigenvalue weighted by atomic mass is 35.5. The van der Waals surface area contributed by atoms with Crippen molar-refractivity contribution in [1.29, 1.82) is 0 Å². The van der Waals surface area contributed by atoms with Crippen LogP contribution in [0.1, 0.15) is 63.7 Å². The zero-order valence-corrected chi connectivity index (χ0v) is 23.1. The van der Waals surface area contributed by atoms with Crippen LogP contribution in [0.3, 0.4) is 0 Å². The molecule has 3 N–H and O–H groups in total. The van der Waals surface area contributed by atoms with Crippen LogP contribution in [-0.4, -0.2) is 57.8 Å². The average molecular weight is 549 g/mol. The maximum Gasteiger partial charge on any atom is 0.263 e. The smallest absolute Gasteiger partial charge is 0.263 e. The predicted molar refractivity (Wildman–Crippen MR) is 144 cm³/mol. The molecule has 2 aromatic rings. The second-order valence-corrected chi connectivity index (χ2v) is 11.9. The predicted octanol–water partition coefficient (Wildman–Crippen LogP) is 4.36. The van der Waals surface area contributed by atoms with Gasteiger partial charge in [0.25, 0.3) is 11.8 Å². The quantitative estimate of drug-likeness (QED) is 0.452. The molecule has 200 valence electrons. The van der Waals surface area contributed by atoms with E-state index in [1.165, 1.54) is 0 Å². The van der Waals surface area contributed by atoms with Gasteiger partial charge in [-0.25, -0.2) is 4.98 Å². The van der Waals surface area contributed by atoms with Crippen LogP contribution in [0.25, 0.3) is 0 Å². The van der Waals surface area contributed by atoms with Crippen LogP contribution in [0.5, 0.6) is 5.75 Å². The molecule has 2 fully saturated rings. The van der Waals surface area contributed by atoms with Crippen molar-refractivity contribution in [2.75, 3.05) is 11.4 Å². The Balaban J connectivity index is 1.35. The first-order chi connectivity index (χ1) is 17.3. The molecule has 1 aromatic carbocycles. The Morgan fingerprint density at radius 2 is 1.78 bits per heavy atom. The molecule has 4 rings (SSSR count). The number of hydrogen-bond donors (Lipinski definition) is 3. The van der Waals surface area contributed by atoms with E-state index in [4.69, 9.17) is 27.9 Å². The molecule has 2 bridgehead atoms. The SMILES string of the molecule is CC(C)(O)CNC(=O)c1ccc(N2C3CCC2CC(NC(=O)C(C)(C)Oc2ccc(Cl)cc2Cl)C3)nc1. The Morgan fingerprint density at radius 3 is 2.35 bits per heavy atom. The third-order valence-electron chi connectivity index (χ3n) is 6.83. The maximum absolute atomic E-state index is 13.1. The first-order valence-electron chi connectivity index (χ1n) is 12.5. The van der Waals surface area contributed by atoms with Gasteiger partial charge in [-0.3, -0.25) is 9.59 Å². The number of aromatic nitrogens is 1. The highest BCUT2D eigenvalue weighted by Gasteiger charge is 2.43. The Labute approximate surface area is 227 Å². The number of piperidine rings is 1. The van der Waals surface area contributed by atoms with E-state index in [9.17, 15) is 14.7 Å². The lowest BCUT2D eigenvalue weighted by molar-refractivity contribution is -0.135. The summed E-state index contributed by atoms with van der Waals surface area (Å²) in [6, 6.07) is 9.08. The number of rotatable bonds is 8. The normalized spacial score (nSPS) is 21.5. The van der Waals surface area contributed by atoms with Crippen molar-refractivity contribution in [3.05, 3.63) is 52.1 Å². The van der Waals surface area contributed by atoms with Gasteiger partial charge in [0.1, 0.15) is 11.6 Å². The summed E-state index contributed by atoms with van der Waals surface area (Å²) in [5, 5.41) is 16.6. The molecular formula is C27H34Cl2N4O4. The molecule has 3 heterocycles. The van der Waals surface area contributed by atoms with Crippen LogP contribution >= 0.6 is 23.2 Å². The fraction of sp³-hybridized carbons (Fsp3) is 0.519. The third-order valence-corrected chi connectivity index (χ3v) is 7.36. The van der Waals surface area contributed by atoms with Crippen molar-refractivity contribution in [3.8, 4) is 5.75 Å². The van der Waals surface area contributed by atoms with Crippen molar-refractivity contribution < 1.29 is 19.4 Å². The van der Waals surface area contributed by atoms with E-state index < -0.39 is 11.2 Å². The second-order valence-electron chi connectivity index (χ2n) is 11.0. The first kappa shape index (κ1) is 27.5. The Bertz CT molecular complexity index is 1140. The minimum Gasteiger partial charge on any atom is -0.476 e. The number of ether oxygens (including phenoxy) is 1. The molecule has 37 heavy (non-hydrogen) atoms. The summed E-state index contributed by atoms with van der Waals surface area (Å²) in [6.45, 7) is 6.88. The van der Waals surface area contributed by atoms with Gasteiger partial charge < -0.3 is 25.4 Å². The summed E-state index contributed by atoms with van der Waals surface area (Å²) in [4.78, 5) is 32.4. The fourth-order valence-corrected chi connectivity index (χ4v) is 5.43. The molecule has 2 aliphatic heterocycles. The molecule has 2 saturated heterocycles. The van der Waals surface area contributed by atoms with E-state index >= 15 is 0 Å². The van der Waals surface area contributed by atoms with Gasteiger partial charge in [-0.15, -0.1) is 0 Å². The van der Waals surface area contributed by atoms with Gasteiger partial charge in [0.15, 0.2) is 5.60 Å². The summed E-state index contributed by atoms with van der Waals surface area (Å²) in [5.74, 6) is 0.771. The summed E-state index contributed by atoms with van der Waals surface area (Å²) in [5.41, 5.74) is -1.64. The van der Waals surface area contributed by atoms with Crippen LogP contribution in [0.4, 0.5) is 5.82 Å². The van der Waals surface area contributed by atoms with E-state index in [1.807, 2.05) is 6.07 Å². The molecule has 2 atom stereocenters. The van der Waals surface area contributed by atoms with Crippen LogP contribution in [0.2, 0.25) is 10.0 Å². The number of benzene rings is 1. The monoisotopic (exact) mass is 548 g/mol. The van der Waals surface area contributed by atoms with E-state index in [2.05, 4.69) is 20.5 Å². The third kappa shape index (κ3) is 6.67. The lowest BCUT2D eigenvalue weighted by Gasteiger charge is -2.40. The minimum atomic E-state index is -1.11. The number of halogens is 2. The molecule has 2 unspecified atom stereocenters. The summed E-state index contributed by atoms with van der Waals surface area (Å²) in [7, 11) is 0. The second kappa shape index (κ2) is 10.7. The first-order valence-corrected chi connectivity index (χ1v) is 13.3. The highest BCUT2D eigenvalue weighted by molar-refractivity contribution is 6.35. The molecule has 0 saturated carbocycles. The van der Waals surface area contributed by atoms with Gasteiger partial charge in [-0.2, -0.15) is 0 Å². The molecular weight excluding hydrogens is 515 g/mol. The van der Waals surface area contributed by atoms with Gasteiger partial charge in [0.2, 0.25) is 0 Å². The molecule has 2 aliphatic rings. The largest absolute Gasteiger partial charge is 0.476 e. The van der Waals surface area contributed by atoms with Crippen molar-refractivity contribution in [3.63, 3.8) is 0 Å². The lowest BCUT2D eigenvalue weighted by atomic mass is 9.96. The zero-order chi connectivity index (χ0) is 27.0. The molecule has 8 nitrogen and oxygen atoms in total. The summed E-state index contributed by atoms with van der Waals surface area (Å²) in [6.07, 6.45) is 5.22. The minimum absolute atomic E-state index is 0.0247. The number of aliphatic hydroxyl groups is 1. The zero-order valence-electron chi connectivity index (χ0n) is 21.6. The van der Waals surface area contributed by atoms with E-state index in [0.29, 0.717) is 21.4 Å². The van der Waals surface area contributed by atoms with Crippen molar-refractivity contribution >= 4 is 40.8 Å². The van der Waals surface area contributed by atoms with E-state index in [-0.39, 0.29) is 36.5 Å². The van der Waals surface area contributed by atoms with Gasteiger partial charge in [0.05, 0.1) is 16.2 Å². The number of fused-ring (bicyclic) bond motifs is 2. The Kier molecular flexibility index (Phi) is 7.93.